The monoisotopic (exact) mass is 173 g/mol. The molecule has 0 aromatic rings. The number of hydrogen-bond donors (Lipinski definition) is 2. The molecule has 0 saturated heterocycles. The van der Waals surface area contributed by atoms with E-state index in [1.54, 1.807) is 0 Å². The molecule has 0 aromatic heterocycles. The first-order valence-corrected chi connectivity index (χ1v) is 4.52. The Morgan fingerprint density at radius 3 is 2.50 bits per heavy atom. The van der Waals surface area contributed by atoms with Crippen molar-refractivity contribution >= 4 is 0 Å². The highest BCUT2D eigenvalue weighted by Gasteiger charge is 2.59. The first-order chi connectivity index (χ1) is 5.48. The van der Waals surface area contributed by atoms with E-state index in [1.807, 2.05) is 20.8 Å². The first kappa shape index (κ1) is 9.96. The van der Waals surface area contributed by atoms with Crippen LogP contribution in [0, 0.1) is 5.41 Å². The standard InChI is InChI=1S/C9H19NO2/c1-4-12-7-5-9(11,6-10)8(7,2)3/h7,11H,4-6,10H2,1-3H3/t7-,9+/m0/s1. The van der Waals surface area contributed by atoms with Crippen LogP contribution in [0.15, 0.2) is 0 Å². The van der Waals surface area contributed by atoms with Crippen LogP contribution in [0.3, 0.4) is 0 Å². The second-order valence-electron chi connectivity index (χ2n) is 4.11. The summed E-state index contributed by atoms with van der Waals surface area (Å²) < 4.78 is 5.47. The molecule has 1 saturated carbocycles. The number of ether oxygens (including phenoxy) is 1. The molecule has 2 atom stereocenters. The Bertz CT molecular complexity index is 170. The maximum atomic E-state index is 9.94. The van der Waals surface area contributed by atoms with Gasteiger partial charge in [-0.05, 0) is 6.92 Å². The molecule has 0 bridgehead atoms. The van der Waals surface area contributed by atoms with Crippen molar-refractivity contribution in [3.63, 3.8) is 0 Å². The third-order valence-corrected chi connectivity index (χ3v) is 3.23. The van der Waals surface area contributed by atoms with Crippen LogP contribution in [0.4, 0.5) is 0 Å². The van der Waals surface area contributed by atoms with Gasteiger partial charge in [0.25, 0.3) is 0 Å². The van der Waals surface area contributed by atoms with Crippen molar-refractivity contribution in [3.05, 3.63) is 0 Å². The molecule has 0 aromatic carbocycles. The predicted molar refractivity (Wildman–Crippen MR) is 47.8 cm³/mol. The van der Waals surface area contributed by atoms with E-state index in [9.17, 15) is 5.11 Å². The van der Waals surface area contributed by atoms with Crippen molar-refractivity contribution < 1.29 is 9.84 Å². The molecule has 1 fully saturated rings. The molecule has 0 heterocycles. The molecule has 1 aliphatic carbocycles. The molecule has 72 valence electrons. The minimum atomic E-state index is -0.715. The van der Waals surface area contributed by atoms with Crippen LogP contribution in [0.25, 0.3) is 0 Å². The van der Waals surface area contributed by atoms with E-state index in [0.29, 0.717) is 19.6 Å². The first-order valence-electron chi connectivity index (χ1n) is 4.52. The van der Waals surface area contributed by atoms with E-state index >= 15 is 0 Å². The minimum Gasteiger partial charge on any atom is -0.388 e. The molecule has 0 amide bonds. The van der Waals surface area contributed by atoms with Crippen LogP contribution < -0.4 is 5.73 Å². The molecule has 3 nitrogen and oxygen atoms in total. The highest BCUT2D eigenvalue weighted by atomic mass is 16.5. The Hall–Kier alpha value is -0.120. The number of hydrogen-bond acceptors (Lipinski definition) is 3. The molecular weight excluding hydrogens is 154 g/mol. The Morgan fingerprint density at radius 2 is 2.17 bits per heavy atom. The van der Waals surface area contributed by atoms with E-state index in [-0.39, 0.29) is 11.5 Å². The average Bonchev–Trinajstić information content (AvgIpc) is 2.04. The van der Waals surface area contributed by atoms with E-state index in [4.69, 9.17) is 10.5 Å². The smallest absolute Gasteiger partial charge is 0.0869 e. The Labute approximate surface area is 73.9 Å². The SMILES string of the molecule is CCO[C@H]1C[C@@](O)(CN)C1(C)C. The predicted octanol–water partition coefficient (Wildman–Crippen LogP) is 0.511. The summed E-state index contributed by atoms with van der Waals surface area (Å²) in [5.41, 5.74) is 4.58. The summed E-state index contributed by atoms with van der Waals surface area (Å²) in [6, 6.07) is 0. The Morgan fingerprint density at radius 1 is 1.58 bits per heavy atom. The molecule has 3 N–H and O–H groups in total. The summed E-state index contributed by atoms with van der Waals surface area (Å²) in [6.07, 6.45) is 0.834. The van der Waals surface area contributed by atoms with E-state index < -0.39 is 5.60 Å². The summed E-state index contributed by atoms with van der Waals surface area (Å²) in [5.74, 6) is 0. The van der Waals surface area contributed by atoms with Gasteiger partial charge in [0.2, 0.25) is 0 Å². The molecular formula is C9H19NO2. The summed E-state index contributed by atoms with van der Waals surface area (Å²) in [4.78, 5) is 0. The van der Waals surface area contributed by atoms with Crippen molar-refractivity contribution in [2.24, 2.45) is 11.1 Å². The van der Waals surface area contributed by atoms with Gasteiger partial charge in [-0.15, -0.1) is 0 Å². The van der Waals surface area contributed by atoms with Crippen LogP contribution in [0.1, 0.15) is 27.2 Å². The minimum absolute atomic E-state index is 0.163. The maximum absolute atomic E-state index is 9.94. The van der Waals surface area contributed by atoms with Crippen molar-refractivity contribution in [1.29, 1.82) is 0 Å². The topological polar surface area (TPSA) is 55.5 Å². The molecule has 0 spiro atoms. The van der Waals surface area contributed by atoms with Crippen LogP contribution in [0.2, 0.25) is 0 Å². The lowest BCUT2D eigenvalue weighted by molar-refractivity contribution is -0.235. The highest BCUT2D eigenvalue weighted by Crippen LogP contribution is 2.50. The normalized spacial score (nSPS) is 39.2. The van der Waals surface area contributed by atoms with Gasteiger partial charge in [-0.1, -0.05) is 13.8 Å². The molecule has 0 unspecified atom stereocenters. The summed E-state index contributed by atoms with van der Waals surface area (Å²) in [5, 5.41) is 9.94. The van der Waals surface area contributed by atoms with E-state index in [2.05, 4.69) is 0 Å². The van der Waals surface area contributed by atoms with Crippen molar-refractivity contribution in [3.8, 4) is 0 Å². The van der Waals surface area contributed by atoms with Crippen LogP contribution in [-0.4, -0.2) is 30.0 Å². The van der Waals surface area contributed by atoms with Gasteiger partial charge in [-0.25, -0.2) is 0 Å². The van der Waals surface area contributed by atoms with Gasteiger partial charge in [0.1, 0.15) is 0 Å². The molecule has 1 rings (SSSR count). The van der Waals surface area contributed by atoms with Gasteiger partial charge in [0, 0.05) is 25.0 Å². The third-order valence-electron chi connectivity index (χ3n) is 3.23. The third kappa shape index (κ3) is 1.16. The highest BCUT2D eigenvalue weighted by molar-refractivity contribution is 5.10. The average molecular weight is 173 g/mol. The quantitative estimate of drug-likeness (QED) is 0.654. The van der Waals surface area contributed by atoms with Crippen LogP contribution >= 0.6 is 0 Å². The van der Waals surface area contributed by atoms with Gasteiger partial charge in [0.15, 0.2) is 0 Å². The Balaban J connectivity index is 2.59. The molecule has 3 heteroatoms. The lowest BCUT2D eigenvalue weighted by Crippen LogP contribution is -2.67. The fourth-order valence-electron chi connectivity index (χ4n) is 1.81. The zero-order chi connectivity index (χ0) is 9.41. The van der Waals surface area contributed by atoms with E-state index in [1.165, 1.54) is 0 Å². The van der Waals surface area contributed by atoms with Crippen molar-refractivity contribution in [2.45, 2.75) is 38.9 Å². The number of rotatable bonds is 3. The van der Waals surface area contributed by atoms with Gasteiger partial charge in [-0.2, -0.15) is 0 Å². The number of aliphatic hydroxyl groups is 1. The number of nitrogens with two attached hydrogens (primary N) is 1. The van der Waals surface area contributed by atoms with Gasteiger partial charge >= 0.3 is 0 Å². The van der Waals surface area contributed by atoms with Gasteiger partial charge < -0.3 is 15.6 Å². The summed E-state index contributed by atoms with van der Waals surface area (Å²) in [7, 11) is 0. The second kappa shape index (κ2) is 2.98. The summed E-state index contributed by atoms with van der Waals surface area (Å²) >= 11 is 0. The van der Waals surface area contributed by atoms with E-state index in [0.717, 1.165) is 0 Å². The molecule has 0 aliphatic heterocycles. The zero-order valence-corrected chi connectivity index (χ0v) is 8.13. The van der Waals surface area contributed by atoms with Crippen LogP contribution in [-0.2, 0) is 4.74 Å². The zero-order valence-electron chi connectivity index (χ0n) is 8.13. The largest absolute Gasteiger partial charge is 0.388 e. The lowest BCUT2D eigenvalue weighted by Gasteiger charge is -2.57. The van der Waals surface area contributed by atoms with Gasteiger partial charge in [0.05, 0.1) is 11.7 Å². The van der Waals surface area contributed by atoms with Crippen LogP contribution in [0.5, 0.6) is 0 Å². The van der Waals surface area contributed by atoms with Crippen molar-refractivity contribution in [2.75, 3.05) is 13.2 Å². The molecule has 1 aliphatic rings. The lowest BCUT2D eigenvalue weighted by atomic mass is 9.56. The fraction of sp³-hybridized carbons (Fsp3) is 1.00. The fourth-order valence-corrected chi connectivity index (χ4v) is 1.81. The molecule has 12 heavy (non-hydrogen) atoms. The van der Waals surface area contributed by atoms with Gasteiger partial charge in [-0.3, -0.25) is 0 Å². The maximum Gasteiger partial charge on any atom is 0.0869 e. The summed E-state index contributed by atoms with van der Waals surface area (Å²) in [6.45, 7) is 7.00. The Kier molecular flexibility index (Phi) is 2.47. The van der Waals surface area contributed by atoms with Crippen molar-refractivity contribution in [1.82, 2.24) is 0 Å². The molecule has 0 radical (unpaired) electrons. The second-order valence-corrected chi connectivity index (χ2v) is 4.11.